The molecule has 3 nitrogen and oxygen atoms in total. The van der Waals surface area contributed by atoms with Crippen molar-refractivity contribution in [1.29, 1.82) is 0 Å². The average Bonchev–Trinajstić information content (AvgIpc) is 2.50. The van der Waals surface area contributed by atoms with Gasteiger partial charge in [-0.15, -0.1) is 0 Å². The van der Waals surface area contributed by atoms with Gasteiger partial charge >= 0.3 is 0 Å². The first-order chi connectivity index (χ1) is 11.0. The maximum absolute atomic E-state index is 13.7. The molecule has 0 aliphatic heterocycles. The summed E-state index contributed by atoms with van der Waals surface area (Å²) in [7, 11) is 4.03. The number of carbonyl (C=O) groups excluding carboxylic acids is 1. The number of amides is 1. The van der Waals surface area contributed by atoms with Gasteiger partial charge in [0.05, 0.1) is 6.42 Å². The van der Waals surface area contributed by atoms with Gasteiger partial charge in [0.15, 0.2) is 0 Å². The average molecular weight is 335 g/mol. The highest BCUT2D eigenvalue weighted by molar-refractivity contribution is 6.31. The highest BCUT2D eigenvalue weighted by Gasteiger charge is 2.11. The van der Waals surface area contributed by atoms with Crippen LogP contribution in [-0.2, 0) is 24.3 Å². The normalized spacial score (nSPS) is 10.8. The minimum atomic E-state index is -0.458. The van der Waals surface area contributed by atoms with Gasteiger partial charge in [0, 0.05) is 23.7 Å². The fraction of sp³-hybridized carbons (Fsp3) is 0.278. The van der Waals surface area contributed by atoms with Gasteiger partial charge in [-0.05, 0) is 37.4 Å². The Morgan fingerprint density at radius 3 is 2.39 bits per heavy atom. The van der Waals surface area contributed by atoms with Crippen LogP contribution in [0.2, 0.25) is 5.02 Å². The van der Waals surface area contributed by atoms with Gasteiger partial charge in [0.25, 0.3) is 0 Å². The molecule has 0 saturated carbocycles. The summed E-state index contributed by atoms with van der Waals surface area (Å²) >= 11 is 5.93. The van der Waals surface area contributed by atoms with Crippen LogP contribution in [0, 0.1) is 5.82 Å². The molecule has 5 heteroatoms. The molecule has 2 rings (SSSR count). The highest BCUT2D eigenvalue weighted by atomic mass is 35.5. The standard InChI is InChI=1S/C18H20ClFN2O/c1-22(2)12-14-8-6-13(7-9-14)11-21-18(23)10-15-16(19)4-3-5-17(15)20/h3-9H,10-12H2,1-2H3,(H,21,23). The summed E-state index contributed by atoms with van der Waals surface area (Å²) in [6, 6.07) is 12.4. The van der Waals surface area contributed by atoms with Crippen LogP contribution in [0.3, 0.4) is 0 Å². The van der Waals surface area contributed by atoms with Crippen molar-refractivity contribution in [1.82, 2.24) is 10.2 Å². The Hall–Kier alpha value is -1.91. The summed E-state index contributed by atoms with van der Waals surface area (Å²) in [5.74, 6) is -0.713. The van der Waals surface area contributed by atoms with E-state index in [1.807, 2.05) is 38.4 Å². The fourth-order valence-corrected chi connectivity index (χ4v) is 2.48. The molecule has 1 N–H and O–H groups in total. The molecule has 0 unspecified atom stereocenters. The van der Waals surface area contributed by atoms with Gasteiger partial charge in [0.2, 0.25) is 5.91 Å². The molecule has 0 aliphatic rings. The SMILES string of the molecule is CN(C)Cc1ccc(CNC(=O)Cc2c(F)cccc2Cl)cc1. The molecule has 2 aromatic carbocycles. The zero-order valence-corrected chi connectivity index (χ0v) is 14.0. The topological polar surface area (TPSA) is 32.3 Å². The van der Waals surface area contributed by atoms with E-state index in [0.717, 1.165) is 12.1 Å². The second kappa shape index (κ2) is 8.09. The van der Waals surface area contributed by atoms with E-state index in [2.05, 4.69) is 10.2 Å². The largest absolute Gasteiger partial charge is 0.352 e. The van der Waals surface area contributed by atoms with Crippen molar-refractivity contribution >= 4 is 17.5 Å². The third-order valence-corrected chi connectivity index (χ3v) is 3.76. The van der Waals surface area contributed by atoms with Crippen molar-refractivity contribution in [3.8, 4) is 0 Å². The predicted molar refractivity (Wildman–Crippen MR) is 90.8 cm³/mol. The van der Waals surface area contributed by atoms with Gasteiger partial charge in [-0.1, -0.05) is 41.9 Å². The van der Waals surface area contributed by atoms with Crippen LogP contribution >= 0.6 is 11.6 Å². The second-order valence-electron chi connectivity index (χ2n) is 5.71. The van der Waals surface area contributed by atoms with E-state index in [4.69, 9.17) is 11.6 Å². The van der Waals surface area contributed by atoms with Crippen LogP contribution in [0.15, 0.2) is 42.5 Å². The van der Waals surface area contributed by atoms with Crippen molar-refractivity contribution in [2.75, 3.05) is 14.1 Å². The first-order valence-corrected chi connectivity index (χ1v) is 7.75. The lowest BCUT2D eigenvalue weighted by Gasteiger charge is -2.11. The Bertz CT molecular complexity index is 651. The Kier molecular flexibility index (Phi) is 6.13. The molecule has 122 valence electrons. The van der Waals surface area contributed by atoms with Crippen molar-refractivity contribution in [2.24, 2.45) is 0 Å². The quantitative estimate of drug-likeness (QED) is 0.878. The van der Waals surface area contributed by atoms with E-state index in [-0.39, 0.29) is 22.9 Å². The first kappa shape index (κ1) is 17.4. The van der Waals surface area contributed by atoms with Gasteiger partial charge in [-0.25, -0.2) is 4.39 Å². The Morgan fingerprint density at radius 2 is 1.78 bits per heavy atom. The Balaban J connectivity index is 1.89. The lowest BCUT2D eigenvalue weighted by atomic mass is 10.1. The summed E-state index contributed by atoms with van der Waals surface area (Å²) in [5.41, 5.74) is 2.44. The third-order valence-electron chi connectivity index (χ3n) is 3.41. The molecule has 0 fully saturated rings. The van der Waals surface area contributed by atoms with E-state index in [0.29, 0.717) is 6.54 Å². The van der Waals surface area contributed by atoms with Crippen LogP contribution in [0.4, 0.5) is 4.39 Å². The van der Waals surface area contributed by atoms with Crippen molar-refractivity contribution < 1.29 is 9.18 Å². The van der Waals surface area contributed by atoms with Crippen LogP contribution < -0.4 is 5.32 Å². The molecule has 0 heterocycles. The summed E-state index contributed by atoms with van der Waals surface area (Å²) in [5, 5.41) is 3.06. The molecule has 0 aromatic heterocycles. The maximum Gasteiger partial charge on any atom is 0.224 e. The number of carbonyl (C=O) groups is 1. The molecule has 0 atom stereocenters. The second-order valence-corrected chi connectivity index (χ2v) is 6.12. The lowest BCUT2D eigenvalue weighted by Crippen LogP contribution is -2.25. The molecule has 0 saturated heterocycles. The molecule has 0 aliphatic carbocycles. The van der Waals surface area contributed by atoms with E-state index < -0.39 is 5.82 Å². The van der Waals surface area contributed by atoms with Crippen molar-refractivity contribution in [2.45, 2.75) is 19.5 Å². The number of rotatable bonds is 6. The summed E-state index contributed by atoms with van der Waals surface area (Å²) in [6.07, 6.45) is -0.0653. The number of nitrogens with zero attached hydrogens (tertiary/aromatic N) is 1. The highest BCUT2D eigenvalue weighted by Crippen LogP contribution is 2.19. The van der Waals surface area contributed by atoms with Crippen molar-refractivity contribution in [3.63, 3.8) is 0 Å². The van der Waals surface area contributed by atoms with Gasteiger partial charge in [-0.2, -0.15) is 0 Å². The smallest absolute Gasteiger partial charge is 0.224 e. The van der Waals surface area contributed by atoms with Gasteiger partial charge in [-0.3, -0.25) is 4.79 Å². The number of halogens is 2. The molecular weight excluding hydrogens is 315 g/mol. The minimum absolute atomic E-state index is 0.0653. The zero-order chi connectivity index (χ0) is 16.8. The molecule has 0 spiro atoms. The molecule has 2 aromatic rings. The van der Waals surface area contributed by atoms with Crippen LogP contribution in [0.5, 0.6) is 0 Å². The van der Waals surface area contributed by atoms with E-state index >= 15 is 0 Å². The molecule has 1 amide bonds. The third kappa shape index (κ3) is 5.34. The van der Waals surface area contributed by atoms with Crippen LogP contribution in [0.25, 0.3) is 0 Å². The van der Waals surface area contributed by atoms with Crippen molar-refractivity contribution in [3.05, 3.63) is 70.0 Å². The monoisotopic (exact) mass is 334 g/mol. The number of benzene rings is 2. The van der Waals surface area contributed by atoms with Gasteiger partial charge < -0.3 is 10.2 Å². The number of hydrogen-bond acceptors (Lipinski definition) is 2. The van der Waals surface area contributed by atoms with E-state index in [9.17, 15) is 9.18 Å². The fourth-order valence-electron chi connectivity index (χ4n) is 2.25. The van der Waals surface area contributed by atoms with Gasteiger partial charge in [0.1, 0.15) is 5.82 Å². The first-order valence-electron chi connectivity index (χ1n) is 7.38. The minimum Gasteiger partial charge on any atom is -0.352 e. The molecule has 0 radical (unpaired) electrons. The van der Waals surface area contributed by atoms with Crippen LogP contribution in [-0.4, -0.2) is 24.9 Å². The van der Waals surface area contributed by atoms with Crippen LogP contribution in [0.1, 0.15) is 16.7 Å². The lowest BCUT2D eigenvalue weighted by molar-refractivity contribution is -0.120. The molecule has 0 bridgehead atoms. The Labute approximate surface area is 141 Å². The number of hydrogen-bond donors (Lipinski definition) is 1. The maximum atomic E-state index is 13.7. The molecule has 23 heavy (non-hydrogen) atoms. The summed E-state index contributed by atoms with van der Waals surface area (Å²) < 4.78 is 13.7. The van der Waals surface area contributed by atoms with E-state index in [1.54, 1.807) is 6.07 Å². The zero-order valence-electron chi connectivity index (χ0n) is 13.3. The van der Waals surface area contributed by atoms with E-state index in [1.165, 1.54) is 17.7 Å². The number of nitrogens with one attached hydrogen (secondary N) is 1. The Morgan fingerprint density at radius 1 is 1.13 bits per heavy atom. The summed E-state index contributed by atoms with van der Waals surface area (Å²) in [6.45, 7) is 1.28. The predicted octanol–water partition coefficient (Wildman–Crippen LogP) is 3.40. The molecular formula is C18H20ClFN2O. The summed E-state index contributed by atoms with van der Waals surface area (Å²) in [4.78, 5) is 14.1.